The standard InChI is InChI=1S/C24H17ClFNO4S/c1-30-20-12-15(11-18(25)22(20)31-14-16-7-5-6-10-19(16)26)13-21-23(28)27(24(29)32-21)17-8-3-2-4-9-17/h2-13H,14H2,1H3/b21-13-. The number of methoxy groups -OCH3 is 1. The molecule has 0 atom stereocenters. The van der Waals surface area contributed by atoms with Crippen LogP contribution in [0.2, 0.25) is 5.02 Å². The number of anilines is 1. The van der Waals surface area contributed by atoms with Crippen molar-refractivity contribution in [1.82, 2.24) is 0 Å². The maximum Gasteiger partial charge on any atom is 0.298 e. The van der Waals surface area contributed by atoms with Gasteiger partial charge in [0.25, 0.3) is 11.1 Å². The Kier molecular flexibility index (Phi) is 6.48. The topological polar surface area (TPSA) is 55.8 Å². The zero-order valence-electron chi connectivity index (χ0n) is 16.9. The lowest BCUT2D eigenvalue weighted by Crippen LogP contribution is -2.27. The molecule has 0 N–H and O–H groups in total. The van der Waals surface area contributed by atoms with E-state index < -0.39 is 5.91 Å². The number of benzene rings is 3. The molecule has 0 bridgehead atoms. The van der Waals surface area contributed by atoms with Gasteiger partial charge in [-0.2, -0.15) is 0 Å². The molecule has 2 amide bonds. The minimum Gasteiger partial charge on any atom is -0.493 e. The molecule has 32 heavy (non-hydrogen) atoms. The molecule has 1 aliphatic heterocycles. The zero-order chi connectivity index (χ0) is 22.7. The average molecular weight is 470 g/mol. The number of hydrogen-bond acceptors (Lipinski definition) is 5. The average Bonchev–Trinajstić information content (AvgIpc) is 3.07. The summed E-state index contributed by atoms with van der Waals surface area (Å²) in [5.41, 5.74) is 1.44. The van der Waals surface area contributed by atoms with E-state index in [0.717, 1.165) is 16.7 Å². The molecule has 0 radical (unpaired) electrons. The highest BCUT2D eigenvalue weighted by Crippen LogP contribution is 2.40. The van der Waals surface area contributed by atoms with Gasteiger partial charge in [-0.1, -0.05) is 48.0 Å². The summed E-state index contributed by atoms with van der Waals surface area (Å²) < 4.78 is 25.0. The molecule has 1 aliphatic rings. The van der Waals surface area contributed by atoms with Crippen LogP contribution in [-0.2, 0) is 11.4 Å². The number of rotatable bonds is 6. The van der Waals surface area contributed by atoms with Gasteiger partial charge in [-0.25, -0.2) is 9.29 Å². The van der Waals surface area contributed by atoms with E-state index in [1.165, 1.54) is 13.2 Å². The van der Waals surface area contributed by atoms with Crippen LogP contribution in [0, 0.1) is 5.82 Å². The number of amides is 2. The summed E-state index contributed by atoms with van der Waals surface area (Å²) in [4.78, 5) is 26.6. The molecule has 3 aromatic carbocycles. The molecule has 1 heterocycles. The van der Waals surface area contributed by atoms with Crippen molar-refractivity contribution in [3.05, 3.63) is 93.6 Å². The molecule has 1 saturated heterocycles. The number of imide groups is 1. The smallest absolute Gasteiger partial charge is 0.298 e. The van der Waals surface area contributed by atoms with Crippen LogP contribution in [0.3, 0.4) is 0 Å². The zero-order valence-corrected chi connectivity index (χ0v) is 18.5. The molecule has 0 aliphatic carbocycles. The molecular formula is C24H17ClFNO4S. The van der Waals surface area contributed by atoms with Crippen LogP contribution in [0.15, 0.2) is 71.6 Å². The van der Waals surface area contributed by atoms with Crippen molar-refractivity contribution in [1.29, 1.82) is 0 Å². The molecule has 8 heteroatoms. The fourth-order valence-corrected chi connectivity index (χ4v) is 4.26. The third kappa shape index (κ3) is 4.49. The van der Waals surface area contributed by atoms with Crippen LogP contribution in [-0.4, -0.2) is 18.3 Å². The van der Waals surface area contributed by atoms with Crippen LogP contribution < -0.4 is 14.4 Å². The van der Waals surface area contributed by atoms with Crippen molar-refractivity contribution >= 4 is 46.3 Å². The lowest BCUT2D eigenvalue weighted by Gasteiger charge is -2.14. The largest absolute Gasteiger partial charge is 0.493 e. The van der Waals surface area contributed by atoms with Crippen molar-refractivity contribution in [3.8, 4) is 11.5 Å². The van der Waals surface area contributed by atoms with Gasteiger partial charge in [0.05, 0.1) is 22.7 Å². The molecule has 0 spiro atoms. The van der Waals surface area contributed by atoms with Gasteiger partial charge in [-0.15, -0.1) is 0 Å². The highest BCUT2D eigenvalue weighted by atomic mass is 35.5. The second kappa shape index (κ2) is 9.46. The monoisotopic (exact) mass is 469 g/mol. The Hall–Kier alpha value is -3.29. The Labute approximate surface area is 193 Å². The first-order valence-electron chi connectivity index (χ1n) is 9.54. The summed E-state index contributed by atoms with van der Waals surface area (Å²) in [7, 11) is 1.45. The number of carbonyl (C=O) groups excluding carboxylic acids is 2. The number of halogens is 2. The molecule has 0 unspecified atom stereocenters. The Morgan fingerprint density at radius 2 is 1.78 bits per heavy atom. The van der Waals surface area contributed by atoms with Crippen LogP contribution in [0.4, 0.5) is 14.9 Å². The van der Waals surface area contributed by atoms with Gasteiger partial charge in [-0.3, -0.25) is 9.59 Å². The van der Waals surface area contributed by atoms with E-state index >= 15 is 0 Å². The van der Waals surface area contributed by atoms with Crippen LogP contribution in [0.25, 0.3) is 6.08 Å². The fourth-order valence-electron chi connectivity index (χ4n) is 3.15. The SMILES string of the molecule is COc1cc(/C=C2\SC(=O)N(c3ccccc3)C2=O)cc(Cl)c1OCc1ccccc1F. The Bertz CT molecular complexity index is 1220. The van der Waals surface area contributed by atoms with Gasteiger partial charge in [0.15, 0.2) is 11.5 Å². The lowest BCUT2D eigenvalue weighted by atomic mass is 10.1. The lowest BCUT2D eigenvalue weighted by molar-refractivity contribution is -0.113. The van der Waals surface area contributed by atoms with Crippen molar-refractivity contribution in [2.75, 3.05) is 12.0 Å². The van der Waals surface area contributed by atoms with Gasteiger partial charge in [0.2, 0.25) is 0 Å². The molecule has 4 rings (SSSR count). The van der Waals surface area contributed by atoms with Gasteiger partial charge in [0, 0.05) is 5.56 Å². The normalized spacial score (nSPS) is 14.8. The second-order valence-corrected chi connectivity index (χ2v) is 8.17. The number of hydrogen-bond donors (Lipinski definition) is 0. The highest BCUT2D eigenvalue weighted by molar-refractivity contribution is 8.19. The summed E-state index contributed by atoms with van der Waals surface area (Å²) >= 11 is 7.24. The Balaban J connectivity index is 1.59. The summed E-state index contributed by atoms with van der Waals surface area (Å²) in [6, 6.07) is 18.2. The number of para-hydroxylation sites is 1. The first kappa shape index (κ1) is 21.9. The summed E-state index contributed by atoms with van der Waals surface area (Å²) in [5.74, 6) is -0.219. The van der Waals surface area contributed by atoms with Crippen LogP contribution in [0.1, 0.15) is 11.1 Å². The maximum absolute atomic E-state index is 13.9. The van der Waals surface area contributed by atoms with Crippen molar-refractivity contribution in [2.45, 2.75) is 6.61 Å². The van der Waals surface area contributed by atoms with Crippen LogP contribution in [0.5, 0.6) is 11.5 Å². The van der Waals surface area contributed by atoms with E-state index in [4.69, 9.17) is 21.1 Å². The minimum absolute atomic E-state index is 0.0297. The predicted molar refractivity (Wildman–Crippen MR) is 124 cm³/mol. The quantitative estimate of drug-likeness (QED) is 0.396. The molecule has 162 valence electrons. The third-order valence-corrected chi connectivity index (χ3v) is 5.84. The molecule has 0 saturated carbocycles. The summed E-state index contributed by atoms with van der Waals surface area (Å²) in [6.45, 7) is -0.0297. The van der Waals surface area contributed by atoms with Crippen molar-refractivity contribution < 1.29 is 23.5 Å². The molecule has 0 aromatic heterocycles. The van der Waals surface area contributed by atoms with Gasteiger partial charge in [-0.05, 0) is 53.7 Å². The van der Waals surface area contributed by atoms with E-state index in [-0.39, 0.29) is 33.3 Å². The molecular weight excluding hydrogens is 453 g/mol. The Morgan fingerprint density at radius 1 is 1.06 bits per heavy atom. The van der Waals surface area contributed by atoms with Gasteiger partial charge < -0.3 is 9.47 Å². The first-order valence-corrected chi connectivity index (χ1v) is 10.7. The van der Waals surface area contributed by atoms with E-state index in [9.17, 15) is 14.0 Å². The summed E-state index contributed by atoms with van der Waals surface area (Å²) in [5, 5.41) is -0.149. The van der Waals surface area contributed by atoms with Crippen molar-refractivity contribution in [3.63, 3.8) is 0 Å². The molecule has 1 fully saturated rings. The van der Waals surface area contributed by atoms with Crippen LogP contribution >= 0.6 is 23.4 Å². The number of ether oxygens (including phenoxy) is 2. The summed E-state index contributed by atoms with van der Waals surface area (Å²) in [6.07, 6.45) is 1.57. The van der Waals surface area contributed by atoms with Gasteiger partial charge in [0.1, 0.15) is 12.4 Å². The first-order chi connectivity index (χ1) is 15.5. The maximum atomic E-state index is 13.9. The molecule has 5 nitrogen and oxygen atoms in total. The predicted octanol–water partition coefficient (Wildman–Crippen LogP) is 6.31. The highest BCUT2D eigenvalue weighted by Gasteiger charge is 2.36. The third-order valence-electron chi connectivity index (χ3n) is 4.69. The number of nitrogens with zero attached hydrogens (tertiary/aromatic N) is 1. The van der Waals surface area contributed by atoms with E-state index in [1.807, 2.05) is 6.07 Å². The van der Waals surface area contributed by atoms with Crippen molar-refractivity contribution in [2.24, 2.45) is 0 Å². The van der Waals surface area contributed by atoms with Gasteiger partial charge >= 0.3 is 0 Å². The Morgan fingerprint density at radius 3 is 2.50 bits per heavy atom. The van der Waals surface area contributed by atoms with E-state index in [0.29, 0.717) is 22.6 Å². The number of carbonyl (C=O) groups is 2. The van der Waals surface area contributed by atoms with E-state index in [2.05, 4.69) is 0 Å². The van der Waals surface area contributed by atoms with E-state index in [1.54, 1.807) is 60.7 Å². The number of thioether (sulfide) groups is 1. The molecule has 3 aromatic rings. The fraction of sp³-hybridized carbons (Fsp3) is 0.0833. The minimum atomic E-state index is -0.416. The second-order valence-electron chi connectivity index (χ2n) is 6.77.